The highest BCUT2D eigenvalue weighted by Crippen LogP contribution is 2.22. The van der Waals surface area contributed by atoms with Gasteiger partial charge in [0.1, 0.15) is 0 Å². The van der Waals surface area contributed by atoms with Gasteiger partial charge in [0.25, 0.3) is 0 Å². The molecule has 0 amide bonds. The Kier molecular flexibility index (Phi) is 4.22. The summed E-state index contributed by atoms with van der Waals surface area (Å²) in [6, 6.07) is 49.4. The molecule has 0 bridgehead atoms. The highest BCUT2D eigenvalue weighted by molar-refractivity contribution is 7.21. The van der Waals surface area contributed by atoms with Gasteiger partial charge in [0, 0.05) is 0 Å². The van der Waals surface area contributed by atoms with Crippen molar-refractivity contribution in [2.45, 2.75) is 0 Å². The summed E-state index contributed by atoms with van der Waals surface area (Å²) in [7, 11) is -2.52. The fourth-order valence-electron chi connectivity index (χ4n) is 5.27. The molecule has 0 aliphatic carbocycles. The Morgan fingerprint density at radius 2 is 1.06 bits per heavy atom. The molecule has 0 atom stereocenters. The van der Waals surface area contributed by atoms with Crippen molar-refractivity contribution in [2.24, 2.45) is 0 Å². The van der Waals surface area contributed by atoms with Crippen molar-refractivity contribution in [1.82, 2.24) is 0 Å². The lowest BCUT2D eigenvalue weighted by molar-refractivity contribution is 1.71. The summed E-state index contributed by atoms with van der Waals surface area (Å²) in [6.07, 6.45) is 0. The van der Waals surface area contributed by atoms with Gasteiger partial charge < -0.3 is 0 Å². The van der Waals surface area contributed by atoms with Crippen molar-refractivity contribution < 1.29 is 0 Å². The van der Waals surface area contributed by atoms with E-state index in [0.29, 0.717) is 0 Å². The van der Waals surface area contributed by atoms with E-state index in [1.165, 1.54) is 42.3 Å². The second kappa shape index (κ2) is 7.23. The van der Waals surface area contributed by atoms with Gasteiger partial charge in [-0.15, -0.1) is 75.1 Å². The summed E-state index contributed by atoms with van der Waals surface area (Å²) < 4.78 is 0. The average Bonchev–Trinajstić information content (AvgIpc) is 3.47. The summed E-state index contributed by atoms with van der Waals surface area (Å²) in [6.45, 7) is 0. The molecule has 148 valence electrons. The summed E-state index contributed by atoms with van der Waals surface area (Å²) >= 11 is 0. The van der Waals surface area contributed by atoms with Crippen LogP contribution >= 0.6 is 0 Å². The molecule has 0 heterocycles. The molecule has 0 fully saturated rings. The lowest BCUT2D eigenvalue weighted by atomic mass is 10.2. The van der Waals surface area contributed by atoms with Gasteiger partial charge in [0.15, 0.2) is 0 Å². The molecule has 0 unspecified atom stereocenters. The smallest absolute Gasteiger partial charge is 0.0919 e. The molecule has 6 aromatic rings. The van der Waals surface area contributed by atoms with Crippen molar-refractivity contribution in [3.63, 3.8) is 0 Å². The first-order chi connectivity index (χ1) is 15.4. The topological polar surface area (TPSA) is 0 Å². The van der Waals surface area contributed by atoms with Crippen molar-refractivity contribution in [3.05, 3.63) is 133 Å². The molecule has 6 aromatic carbocycles. The number of fused-ring (bicyclic) bond motifs is 2. The Morgan fingerprint density at radius 3 is 1.81 bits per heavy atom. The Balaban J connectivity index is 1.83. The van der Waals surface area contributed by atoms with Crippen LogP contribution in [0.25, 0.3) is 21.5 Å². The summed E-state index contributed by atoms with van der Waals surface area (Å²) in [5.74, 6) is 0. The van der Waals surface area contributed by atoms with E-state index in [2.05, 4.69) is 133 Å². The van der Waals surface area contributed by atoms with E-state index in [1.807, 2.05) is 0 Å². The molecule has 6 rings (SSSR count). The first-order valence-electron chi connectivity index (χ1n) is 10.8. The van der Waals surface area contributed by atoms with E-state index >= 15 is 0 Å². The molecule has 31 heavy (non-hydrogen) atoms. The Bertz CT molecular complexity index is 1350. The molecule has 0 radical (unpaired) electrons. The maximum absolute atomic E-state index is 2.52. The second-order valence-electron chi connectivity index (χ2n) is 8.15. The van der Waals surface area contributed by atoms with Crippen LogP contribution in [0.1, 0.15) is 0 Å². The molecule has 0 nitrogen and oxygen atoms in total. The van der Waals surface area contributed by atoms with Crippen LogP contribution in [-0.4, -0.2) is 8.07 Å². The van der Waals surface area contributed by atoms with E-state index in [4.69, 9.17) is 0 Å². The minimum atomic E-state index is -2.52. The van der Waals surface area contributed by atoms with Gasteiger partial charge in [-0.25, -0.2) is 0 Å². The number of benzene rings is 4. The van der Waals surface area contributed by atoms with Gasteiger partial charge in [-0.05, 0) is 0 Å². The van der Waals surface area contributed by atoms with Gasteiger partial charge >= 0.3 is 0 Å². The maximum Gasteiger partial charge on any atom is 0.0919 e. The lowest BCUT2D eigenvalue weighted by Crippen LogP contribution is -2.74. The monoisotopic (exact) mass is 410 g/mol. The molecule has 0 aliphatic rings. The fraction of sp³-hybridized carbons (Fsp3) is 0. The first-order valence-corrected chi connectivity index (χ1v) is 12.8. The number of hydrogen-bond acceptors (Lipinski definition) is 0. The predicted octanol–water partition coefficient (Wildman–Crippen LogP) is 4.81. The lowest BCUT2D eigenvalue weighted by Gasteiger charge is -2.40. The van der Waals surface area contributed by atoms with Gasteiger partial charge in [-0.3, -0.25) is 0 Å². The van der Waals surface area contributed by atoms with Crippen LogP contribution in [0.15, 0.2) is 133 Å². The second-order valence-corrected chi connectivity index (χ2v) is 11.9. The zero-order chi connectivity index (χ0) is 20.7. The molecule has 0 aromatic heterocycles. The van der Waals surface area contributed by atoms with E-state index in [-0.39, 0.29) is 0 Å². The number of hydrogen-bond donors (Lipinski definition) is 0. The van der Waals surface area contributed by atoms with Crippen molar-refractivity contribution in [1.29, 1.82) is 0 Å². The third-order valence-corrected chi connectivity index (χ3v) is 11.5. The Hall–Kier alpha value is -3.68. The van der Waals surface area contributed by atoms with E-state index in [0.717, 1.165) is 0 Å². The van der Waals surface area contributed by atoms with Crippen LogP contribution in [0.2, 0.25) is 0 Å². The van der Waals surface area contributed by atoms with Crippen LogP contribution in [0.4, 0.5) is 0 Å². The quantitative estimate of drug-likeness (QED) is 0.289. The molecule has 0 saturated carbocycles. The van der Waals surface area contributed by atoms with E-state index in [9.17, 15) is 0 Å². The van der Waals surface area contributed by atoms with Crippen LogP contribution in [-0.2, 0) is 0 Å². The minimum absolute atomic E-state index is 1.32. The Labute approximate surface area is 183 Å². The van der Waals surface area contributed by atoms with Crippen molar-refractivity contribution in [2.75, 3.05) is 0 Å². The highest BCUT2D eigenvalue weighted by atomic mass is 28.3. The Morgan fingerprint density at radius 1 is 0.452 bits per heavy atom. The van der Waals surface area contributed by atoms with E-state index in [1.54, 1.807) is 0 Å². The van der Waals surface area contributed by atoms with Crippen LogP contribution < -0.4 is 20.7 Å². The van der Waals surface area contributed by atoms with Crippen molar-refractivity contribution in [3.8, 4) is 0 Å². The summed E-state index contributed by atoms with van der Waals surface area (Å²) in [4.78, 5) is 0. The molecular weight excluding hydrogens is 388 g/mol. The van der Waals surface area contributed by atoms with Crippen LogP contribution in [0, 0.1) is 0 Å². The molecular formula is C30H22Si-2. The molecule has 0 saturated heterocycles. The normalized spacial score (nSPS) is 11.9. The standard InChI is InChI=1S/C30H22Si/c1-3-13-25(14-4-1)31(26-15-5-2-6-16-26,29-21-19-23-11-7-9-17-27(23)29)30-22-20-24-12-8-10-18-28(24)30/h1-22H/q-2. The molecule has 0 aliphatic heterocycles. The predicted molar refractivity (Wildman–Crippen MR) is 136 cm³/mol. The number of rotatable bonds is 4. The van der Waals surface area contributed by atoms with Gasteiger partial charge in [0.05, 0.1) is 8.07 Å². The summed E-state index contributed by atoms with van der Waals surface area (Å²) in [5.41, 5.74) is 0. The molecule has 1 heteroatoms. The zero-order valence-corrected chi connectivity index (χ0v) is 18.2. The molecule has 0 N–H and O–H groups in total. The molecule has 0 spiro atoms. The highest BCUT2D eigenvalue weighted by Gasteiger charge is 2.36. The minimum Gasteiger partial charge on any atom is -0.168 e. The van der Waals surface area contributed by atoms with Gasteiger partial charge in [-0.1, -0.05) is 82.5 Å². The summed E-state index contributed by atoms with van der Waals surface area (Å²) in [5, 5.41) is 11.2. The maximum atomic E-state index is 2.39. The van der Waals surface area contributed by atoms with Gasteiger partial charge in [-0.2, -0.15) is 18.2 Å². The van der Waals surface area contributed by atoms with Crippen molar-refractivity contribution >= 4 is 50.4 Å². The third kappa shape index (κ3) is 2.67. The fourth-order valence-corrected chi connectivity index (χ4v) is 10.4. The van der Waals surface area contributed by atoms with Crippen LogP contribution in [0.5, 0.6) is 0 Å². The first kappa shape index (κ1) is 18.1. The average molecular weight is 411 g/mol. The van der Waals surface area contributed by atoms with Gasteiger partial charge in [0.2, 0.25) is 0 Å². The SMILES string of the molecule is c1ccc([Si](c2ccccc2)(c2cc[c-]3ccccc23)[c-]2ccc3ccccc32)cc1. The van der Waals surface area contributed by atoms with Crippen LogP contribution in [0.3, 0.4) is 0 Å². The zero-order valence-electron chi connectivity index (χ0n) is 17.2. The van der Waals surface area contributed by atoms with E-state index < -0.39 is 8.07 Å². The third-order valence-electron chi connectivity index (χ3n) is 6.58. The largest absolute Gasteiger partial charge is 0.168 e.